The van der Waals surface area contributed by atoms with Gasteiger partial charge in [0, 0.05) is 49.7 Å². The number of anilines is 1. The average Bonchev–Trinajstić information content (AvgIpc) is 3.12. The number of benzene rings is 1. The van der Waals surface area contributed by atoms with Gasteiger partial charge in [-0.1, -0.05) is 12.1 Å². The summed E-state index contributed by atoms with van der Waals surface area (Å²) in [5.41, 5.74) is 14.9. The van der Waals surface area contributed by atoms with Gasteiger partial charge < -0.3 is 20.8 Å². The number of hydrogen-bond donors (Lipinski definition) is 3. The first kappa shape index (κ1) is 21.7. The van der Waals surface area contributed by atoms with Gasteiger partial charge in [-0.25, -0.2) is 5.43 Å². The Labute approximate surface area is 187 Å². The van der Waals surface area contributed by atoms with Gasteiger partial charge in [-0.15, -0.1) is 0 Å². The Balaban J connectivity index is 1.75. The van der Waals surface area contributed by atoms with E-state index >= 15 is 0 Å². The summed E-state index contributed by atoms with van der Waals surface area (Å²) in [6.45, 7) is 4.62. The van der Waals surface area contributed by atoms with Crippen LogP contribution in [0.4, 0.5) is 5.69 Å². The number of nitrogens with zero attached hydrogens (tertiary/aromatic N) is 3. The summed E-state index contributed by atoms with van der Waals surface area (Å²) < 4.78 is 5.14. The van der Waals surface area contributed by atoms with E-state index in [4.69, 9.17) is 10.5 Å². The summed E-state index contributed by atoms with van der Waals surface area (Å²) >= 11 is 0. The second kappa shape index (κ2) is 8.94. The van der Waals surface area contributed by atoms with Gasteiger partial charge in [-0.2, -0.15) is 0 Å². The number of nitrogens with two attached hydrogens (primary N) is 1. The molecule has 0 fully saturated rings. The molecule has 166 valence electrons. The average molecular weight is 433 g/mol. The van der Waals surface area contributed by atoms with E-state index in [2.05, 4.69) is 40.8 Å². The molecule has 2 atom stereocenters. The molecular formula is C24H28N6O2. The summed E-state index contributed by atoms with van der Waals surface area (Å²) in [4.78, 5) is 21.1. The monoisotopic (exact) mass is 432 g/mol. The number of carbonyl (C=O) groups excluding carboxylic acids is 1. The Morgan fingerprint density at radius 1 is 1.25 bits per heavy atom. The largest absolute Gasteiger partial charge is 0.379 e. The zero-order valence-electron chi connectivity index (χ0n) is 18.7. The van der Waals surface area contributed by atoms with Crippen LogP contribution in [0.1, 0.15) is 29.9 Å². The molecule has 1 amide bonds. The summed E-state index contributed by atoms with van der Waals surface area (Å²) in [5, 5.41) is 6.30. The first-order valence-electron chi connectivity index (χ1n) is 10.5. The van der Waals surface area contributed by atoms with Crippen molar-refractivity contribution in [2.24, 2.45) is 5.73 Å². The highest BCUT2D eigenvalue weighted by Gasteiger charge is 2.26. The number of aromatic nitrogens is 2. The fraction of sp³-hybridized carbons (Fsp3) is 0.292. The summed E-state index contributed by atoms with van der Waals surface area (Å²) in [6.07, 6.45) is 5.42. The van der Waals surface area contributed by atoms with Gasteiger partial charge in [-0.05, 0) is 43.2 Å². The lowest BCUT2D eigenvalue weighted by Gasteiger charge is -2.26. The fourth-order valence-corrected chi connectivity index (χ4v) is 4.10. The third-order valence-electron chi connectivity index (χ3n) is 5.69. The summed E-state index contributed by atoms with van der Waals surface area (Å²) in [6, 6.07) is 10.0. The van der Waals surface area contributed by atoms with Crippen molar-refractivity contribution in [1.82, 2.24) is 20.4 Å². The highest BCUT2D eigenvalue weighted by atomic mass is 16.5. The Morgan fingerprint density at radius 3 is 2.66 bits per heavy atom. The molecule has 32 heavy (non-hydrogen) atoms. The molecule has 1 aliphatic rings. The van der Waals surface area contributed by atoms with Crippen molar-refractivity contribution in [1.29, 1.82) is 0 Å². The van der Waals surface area contributed by atoms with Crippen LogP contribution in [0.15, 0.2) is 54.5 Å². The number of nitrogens with one attached hydrogen (secondary N) is 2. The number of carbonyl (C=O) groups is 1. The first-order chi connectivity index (χ1) is 15.4. The quantitative estimate of drug-likeness (QED) is 0.527. The molecule has 8 heteroatoms. The molecule has 0 bridgehead atoms. The van der Waals surface area contributed by atoms with Crippen LogP contribution in [-0.2, 0) is 11.3 Å². The Kier molecular flexibility index (Phi) is 6.07. The maximum absolute atomic E-state index is 12.2. The number of hydrogen-bond acceptors (Lipinski definition) is 7. The lowest BCUT2D eigenvalue weighted by Crippen LogP contribution is -2.44. The van der Waals surface area contributed by atoms with Crippen molar-refractivity contribution in [2.75, 3.05) is 19.5 Å². The standard InChI is InChI=1S/C24H28N6O2/c1-14-12-30(3)29-22(14)15(2)28-23-19-9-16(17-5-7-18(13-32-4)26-10-17)6-8-21(19)27-11-20(23)24(25)31/h5-12,15,22,29H,13H2,1-4H3,(H2,25,31)(H,27,28). The van der Waals surface area contributed by atoms with Gasteiger partial charge in [-0.3, -0.25) is 14.8 Å². The first-order valence-corrected chi connectivity index (χ1v) is 10.5. The van der Waals surface area contributed by atoms with E-state index in [0.717, 1.165) is 27.7 Å². The van der Waals surface area contributed by atoms with E-state index < -0.39 is 5.91 Å². The molecule has 0 radical (unpaired) electrons. The van der Waals surface area contributed by atoms with Crippen LogP contribution in [0, 0.1) is 0 Å². The van der Waals surface area contributed by atoms with Crippen LogP contribution >= 0.6 is 0 Å². The summed E-state index contributed by atoms with van der Waals surface area (Å²) in [7, 11) is 3.61. The predicted octanol–water partition coefficient (Wildman–Crippen LogP) is 3.06. The van der Waals surface area contributed by atoms with Gasteiger partial charge in [0.2, 0.25) is 0 Å². The predicted molar refractivity (Wildman–Crippen MR) is 126 cm³/mol. The maximum Gasteiger partial charge on any atom is 0.252 e. The highest BCUT2D eigenvalue weighted by molar-refractivity contribution is 6.07. The number of hydrazine groups is 1. The van der Waals surface area contributed by atoms with Gasteiger partial charge in [0.25, 0.3) is 5.91 Å². The lowest BCUT2D eigenvalue weighted by molar-refractivity contribution is 0.100. The summed E-state index contributed by atoms with van der Waals surface area (Å²) in [5.74, 6) is -0.520. The minimum absolute atomic E-state index is 0.00134. The van der Waals surface area contributed by atoms with Crippen LogP contribution in [0.2, 0.25) is 0 Å². The van der Waals surface area contributed by atoms with Crippen LogP contribution in [0.25, 0.3) is 22.0 Å². The number of rotatable bonds is 7. The van der Waals surface area contributed by atoms with Gasteiger partial charge in [0.1, 0.15) is 0 Å². The normalized spacial score (nSPS) is 16.8. The molecule has 2 aromatic heterocycles. The van der Waals surface area contributed by atoms with Gasteiger partial charge in [0.05, 0.1) is 35.1 Å². The van der Waals surface area contributed by atoms with E-state index in [1.165, 1.54) is 11.8 Å². The molecule has 0 saturated heterocycles. The topological polar surface area (TPSA) is 105 Å². The Hall–Kier alpha value is -3.49. The van der Waals surface area contributed by atoms with Crippen molar-refractivity contribution in [3.63, 3.8) is 0 Å². The fourth-order valence-electron chi connectivity index (χ4n) is 4.10. The van der Waals surface area contributed by atoms with E-state index in [1.54, 1.807) is 7.11 Å². The molecule has 3 heterocycles. The molecule has 2 unspecified atom stereocenters. The highest BCUT2D eigenvalue weighted by Crippen LogP contribution is 2.32. The zero-order valence-corrected chi connectivity index (χ0v) is 18.7. The zero-order chi connectivity index (χ0) is 22.8. The van der Waals surface area contributed by atoms with Crippen molar-refractivity contribution >= 4 is 22.5 Å². The Morgan fingerprint density at radius 2 is 2.03 bits per heavy atom. The van der Waals surface area contributed by atoms with Gasteiger partial charge in [0.15, 0.2) is 0 Å². The molecule has 0 spiro atoms. The number of fused-ring (bicyclic) bond motifs is 1. The van der Waals surface area contributed by atoms with Crippen molar-refractivity contribution in [3.05, 3.63) is 65.8 Å². The van der Waals surface area contributed by atoms with E-state index in [0.29, 0.717) is 17.9 Å². The van der Waals surface area contributed by atoms with Crippen LogP contribution in [-0.4, -0.2) is 47.1 Å². The number of methoxy groups -OCH3 is 1. The van der Waals surface area contributed by atoms with Gasteiger partial charge >= 0.3 is 0 Å². The Bertz CT molecular complexity index is 1180. The van der Waals surface area contributed by atoms with E-state index in [9.17, 15) is 4.79 Å². The molecule has 1 aromatic carbocycles. The second-order valence-electron chi connectivity index (χ2n) is 8.14. The molecule has 1 aliphatic heterocycles. The third kappa shape index (κ3) is 4.28. The number of pyridine rings is 2. The number of amides is 1. The van der Waals surface area contributed by atoms with Crippen molar-refractivity contribution in [2.45, 2.75) is 32.5 Å². The SMILES string of the molecule is COCc1ccc(-c2ccc3ncc(C(N)=O)c(NC(C)C4NN(C)C=C4C)c3c2)cn1. The lowest BCUT2D eigenvalue weighted by atomic mass is 10.00. The molecular weight excluding hydrogens is 404 g/mol. The minimum atomic E-state index is -0.520. The van der Waals surface area contributed by atoms with Crippen molar-refractivity contribution in [3.8, 4) is 11.1 Å². The second-order valence-corrected chi connectivity index (χ2v) is 8.14. The molecule has 4 rings (SSSR count). The molecule has 8 nitrogen and oxygen atoms in total. The third-order valence-corrected chi connectivity index (χ3v) is 5.69. The molecule has 0 aliphatic carbocycles. The molecule has 4 N–H and O–H groups in total. The number of ether oxygens (including phenoxy) is 1. The number of primary amides is 1. The minimum Gasteiger partial charge on any atom is -0.379 e. The molecule has 0 saturated carbocycles. The van der Waals surface area contributed by atoms with Crippen LogP contribution in [0.3, 0.4) is 0 Å². The van der Waals surface area contributed by atoms with Crippen LogP contribution < -0.4 is 16.5 Å². The maximum atomic E-state index is 12.2. The van der Waals surface area contributed by atoms with E-state index in [1.807, 2.05) is 48.6 Å². The van der Waals surface area contributed by atoms with Crippen LogP contribution in [0.5, 0.6) is 0 Å². The molecule has 3 aromatic rings. The van der Waals surface area contributed by atoms with Crippen molar-refractivity contribution < 1.29 is 9.53 Å². The van der Waals surface area contributed by atoms with E-state index in [-0.39, 0.29) is 12.1 Å². The smallest absolute Gasteiger partial charge is 0.252 e.